The van der Waals surface area contributed by atoms with Crippen LogP contribution in [0.4, 0.5) is 0 Å². The molecule has 2 amide bonds. The molecule has 0 saturated carbocycles. The second-order valence-electron chi connectivity index (χ2n) is 8.04. The first-order valence-corrected chi connectivity index (χ1v) is 10.4. The van der Waals surface area contributed by atoms with Crippen LogP contribution >= 0.6 is 11.6 Å². The summed E-state index contributed by atoms with van der Waals surface area (Å²) in [7, 11) is 0. The van der Waals surface area contributed by atoms with Crippen LogP contribution in [-0.4, -0.2) is 41.0 Å². The van der Waals surface area contributed by atoms with Crippen LogP contribution < -0.4 is 5.32 Å². The number of carbonyl (C=O) groups is 2. The highest BCUT2D eigenvalue weighted by Crippen LogP contribution is 2.36. The van der Waals surface area contributed by atoms with E-state index in [0.29, 0.717) is 34.7 Å². The minimum atomic E-state index is -1.21. The Morgan fingerprint density at radius 1 is 1.13 bits per heavy atom. The van der Waals surface area contributed by atoms with Crippen molar-refractivity contribution < 1.29 is 14.7 Å². The molecule has 0 bridgehead atoms. The average molecular weight is 427 g/mol. The molecule has 1 saturated heterocycles. The first-order chi connectivity index (χ1) is 14.2. The molecule has 2 N–H and O–H groups in total. The normalized spacial score (nSPS) is 20.2. The van der Waals surface area contributed by atoms with E-state index in [-0.39, 0.29) is 24.3 Å². The summed E-state index contributed by atoms with van der Waals surface area (Å²) >= 11 is 5.96. The van der Waals surface area contributed by atoms with Crippen molar-refractivity contribution in [2.24, 2.45) is 5.92 Å². The van der Waals surface area contributed by atoms with Gasteiger partial charge in [-0.05, 0) is 41.3 Å². The summed E-state index contributed by atoms with van der Waals surface area (Å²) < 4.78 is 0. The summed E-state index contributed by atoms with van der Waals surface area (Å²) in [5.74, 6) is -0.541. The third-order valence-electron chi connectivity index (χ3n) is 5.60. The first-order valence-electron chi connectivity index (χ1n) is 10.0. The fraction of sp³-hybridized carbons (Fsp3) is 0.333. The van der Waals surface area contributed by atoms with Gasteiger partial charge in [-0.2, -0.15) is 0 Å². The van der Waals surface area contributed by atoms with E-state index in [9.17, 15) is 14.7 Å². The van der Waals surface area contributed by atoms with Crippen LogP contribution in [0, 0.1) is 5.92 Å². The topological polar surface area (TPSA) is 69.6 Å². The van der Waals surface area contributed by atoms with Crippen molar-refractivity contribution in [2.45, 2.75) is 31.9 Å². The van der Waals surface area contributed by atoms with Gasteiger partial charge in [0.2, 0.25) is 5.91 Å². The molecule has 5 nitrogen and oxygen atoms in total. The first kappa shape index (κ1) is 22.1. The van der Waals surface area contributed by atoms with Crippen molar-refractivity contribution >= 4 is 23.4 Å². The van der Waals surface area contributed by atoms with Gasteiger partial charge in [-0.15, -0.1) is 0 Å². The molecular formula is C24H27ClN2O3. The third kappa shape index (κ3) is 4.58. The monoisotopic (exact) mass is 426 g/mol. The molecule has 1 heterocycles. The van der Waals surface area contributed by atoms with Crippen LogP contribution in [0.25, 0.3) is 0 Å². The van der Waals surface area contributed by atoms with Gasteiger partial charge in [-0.25, -0.2) is 0 Å². The molecule has 3 rings (SSSR count). The highest BCUT2D eigenvalue weighted by Gasteiger charge is 2.40. The molecule has 0 aromatic heterocycles. The smallest absolute Gasteiger partial charge is 0.251 e. The Hall–Kier alpha value is -2.63. The molecule has 158 valence electrons. The number of nitrogens with zero attached hydrogens (tertiary/aromatic N) is 1. The Labute approximate surface area is 182 Å². The number of piperidine rings is 1. The number of hydrogen-bond donors (Lipinski definition) is 2. The zero-order valence-corrected chi connectivity index (χ0v) is 18.0. The van der Waals surface area contributed by atoms with Crippen molar-refractivity contribution in [3.8, 4) is 0 Å². The molecule has 0 unspecified atom stereocenters. The van der Waals surface area contributed by atoms with E-state index in [1.54, 1.807) is 53.4 Å². The Bertz CT molecular complexity index is 927. The number of nitrogens with one attached hydrogen (secondary N) is 1. The minimum Gasteiger partial charge on any atom is -0.381 e. The highest BCUT2D eigenvalue weighted by atomic mass is 35.5. The van der Waals surface area contributed by atoms with E-state index < -0.39 is 11.6 Å². The lowest BCUT2D eigenvalue weighted by molar-refractivity contribution is -0.136. The molecular weight excluding hydrogens is 400 g/mol. The zero-order chi connectivity index (χ0) is 21.9. The van der Waals surface area contributed by atoms with Gasteiger partial charge >= 0.3 is 0 Å². The molecule has 1 aliphatic rings. The van der Waals surface area contributed by atoms with Crippen LogP contribution in [0.3, 0.4) is 0 Å². The summed E-state index contributed by atoms with van der Waals surface area (Å²) in [6, 6.07) is 15.2. The predicted octanol–water partition coefficient (Wildman–Crippen LogP) is 3.77. The van der Waals surface area contributed by atoms with Gasteiger partial charge in [0.05, 0.1) is 0 Å². The number of aliphatic hydroxyl groups is 1. The maximum Gasteiger partial charge on any atom is 0.251 e. The molecule has 2 atom stereocenters. The second kappa shape index (κ2) is 9.02. The van der Waals surface area contributed by atoms with Crippen LogP contribution in [0.1, 0.15) is 36.2 Å². The molecule has 2 aromatic carbocycles. The molecule has 0 radical (unpaired) electrons. The van der Waals surface area contributed by atoms with Crippen molar-refractivity contribution in [3.63, 3.8) is 0 Å². The van der Waals surface area contributed by atoms with E-state index in [1.807, 2.05) is 19.9 Å². The lowest BCUT2D eigenvalue weighted by Crippen LogP contribution is -2.55. The van der Waals surface area contributed by atoms with Crippen molar-refractivity contribution in [1.82, 2.24) is 10.2 Å². The Morgan fingerprint density at radius 2 is 1.77 bits per heavy atom. The molecule has 1 aliphatic heterocycles. The molecule has 1 fully saturated rings. The van der Waals surface area contributed by atoms with Crippen molar-refractivity contribution in [2.75, 3.05) is 13.1 Å². The fourth-order valence-electron chi connectivity index (χ4n) is 3.70. The van der Waals surface area contributed by atoms with Crippen molar-refractivity contribution in [3.05, 3.63) is 82.9 Å². The summed E-state index contributed by atoms with van der Waals surface area (Å²) in [5, 5.41) is 14.7. The Kier molecular flexibility index (Phi) is 6.64. The van der Waals surface area contributed by atoms with Crippen molar-refractivity contribution in [1.29, 1.82) is 0 Å². The molecule has 30 heavy (non-hydrogen) atoms. The molecule has 0 aliphatic carbocycles. The van der Waals surface area contributed by atoms with E-state index in [1.165, 1.54) is 0 Å². The lowest BCUT2D eigenvalue weighted by Gasteiger charge is -2.42. The van der Waals surface area contributed by atoms with Crippen LogP contribution in [-0.2, 0) is 10.4 Å². The third-order valence-corrected chi connectivity index (χ3v) is 5.85. The summed E-state index contributed by atoms with van der Waals surface area (Å²) in [6.07, 6.45) is 0.330. The lowest BCUT2D eigenvalue weighted by atomic mass is 9.81. The van der Waals surface area contributed by atoms with Gasteiger partial charge in [0.25, 0.3) is 5.91 Å². The fourth-order valence-corrected chi connectivity index (χ4v) is 3.83. The quantitative estimate of drug-likeness (QED) is 0.715. The zero-order valence-electron chi connectivity index (χ0n) is 17.3. The Balaban J connectivity index is 1.72. The number of hydrogen-bond acceptors (Lipinski definition) is 3. The second-order valence-corrected chi connectivity index (χ2v) is 8.48. The van der Waals surface area contributed by atoms with E-state index in [2.05, 4.69) is 11.9 Å². The van der Waals surface area contributed by atoms with Crippen LogP contribution in [0.2, 0.25) is 5.02 Å². The number of likely N-dealkylation sites (tertiary alicyclic amines) is 1. The van der Waals surface area contributed by atoms with Crippen LogP contribution in [0.15, 0.2) is 66.7 Å². The van der Waals surface area contributed by atoms with Gasteiger partial charge in [-0.1, -0.05) is 62.4 Å². The maximum atomic E-state index is 13.2. The van der Waals surface area contributed by atoms with E-state index in [0.717, 1.165) is 0 Å². The summed E-state index contributed by atoms with van der Waals surface area (Å²) in [6.45, 7) is 8.43. The summed E-state index contributed by atoms with van der Waals surface area (Å²) in [4.78, 5) is 27.4. The largest absolute Gasteiger partial charge is 0.381 e. The number of benzene rings is 2. The molecule has 2 aromatic rings. The maximum absolute atomic E-state index is 13.2. The van der Waals surface area contributed by atoms with E-state index >= 15 is 0 Å². The van der Waals surface area contributed by atoms with Gasteiger partial charge in [-0.3, -0.25) is 9.59 Å². The highest BCUT2D eigenvalue weighted by molar-refractivity contribution is 6.30. The average Bonchev–Trinajstić information content (AvgIpc) is 2.74. The van der Waals surface area contributed by atoms with Gasteiger partial charge in [0.15, 0.2) is 0 Å². The van der Waals surface area contributed by atoms with E-state index in [4.69, 9.17) is 11.6 Å². The SMILES string of the molecule is C=C1CN(C(=O)[C@H](NC(=O)c2ccccc2)C(C)C)CC[C@]1(O)c1ccc(Cl)cc1. The molecule has 0 spiro atoms. The minimum absolute atomic E-state index is 0.0875. The molecule has 6 heteroatoms. The Morgan fingerprint density at radius 3 is 2.33 bits per heavy atom. The number of rotatable bonds is 5. The summed E-state index contributed by atoms with van der Waals surface area (Å²) in [5.41, 5.74) is 0.557. The number of halogens is 1. The van der Waals surface area contributed by atoms with Crippen LogP contribution in [0.5, 0.6) is 0 Å². The van der Waals surface area contributed by atoms with Gasteiger partial charge < -0.3 is 15.3 Å². The van der Waals surface area contributed by atoms with Gasteiger partial charge in [0, 0.05) is 30.1 Å². The predicted molar refractivity (Wildman–Crippen MR) is 118 cm³/mol. The van der Waals surface area contributed by atoms with Gasteiger partial charge in [0.1, 0.15) is 11.6 Å². The standard InChI is InChI=1S/C24H27ClN2O3/c1-16(2)21(26-22(28)18-7-5-4-6-8-18)23(29)27-14-13-24(30,17(3)15-27)19-9-11-20(25)12-10-19/h4-12,16,21,30H,3,13-15H2,1-2H3,(H,26,28)/t21-,24-/m1/s1. The number of amides is 2. The number of carbonyl (C=O) groups excluding carboxylic acids is 2.